The Hall–Kier alpha value is -2.27. The number of hydrogen-bond donors (Lipinski definition) is 1. The highest BCUT2D eigenvalue weighted by Gasteiger charge is 2.18. The molecule has 0 aliphatic heterocycles. The van der Waals surface area contributed by atoms with Gasteiger partial charge in [-0.1, -0.05) is 0 Å². The van der Waals surface area contributed by atoms with Gasteiger partial charge in [-0.05, 0) is 0 Å². The number of ether oxygens (including phenoxy) is 2. The number of nitrogens with one attached hydrogen (secondary N) is 1. The van der Waals surface area contributed by atoms with E-state index in [4.69, 9.17) is 9.47 Å². The average Bonchev–Trinajstić information content (AvgIpc) is 2.92. The van der Waals surface area contributed by atoms with Gasteiger partial charge in [0, 0.05) is 13.2 Å². The van der Waals surface area contributed by atoms with Crippen molar-refractivity contribution in [3.8, 4) is 12.0 Å². The highest BCUT2D eigenvalue weighted by atomic mass is 32.2. The first-order chi connectivity index (χ1) is 9.94. The van der Waals surface area contributed by atoms with Crippen LogP contribution in [0.2, 0.25) is 0 Å². The third-order valence-corrected chi connectivity index (χ3v) is 3.67. The first-order valence-electron chi connectivity index (χ1n) is 5.75. The van der Waals surface area contributed by atoms with Crippen molar-refractivity contribution in [3.05, 3.63) is 18.3 Å². The Morgan fingerprint density at radius 1 is 1.19 bits per heavy atom. The van der Waals surface area contributed by atoms with E-state index in [2.05, 4.69) is 24.7 Å². The number of methoxy groups -OCH3 is 2. The van der Waals surface area contributed by atoms with Crippen molar-refractivity contribution in [2.45, 2.75) is 11.6 Å². The second kappa shape index (κ2) is 6.01. The molecule has 10 nitrogen and oxygen atoms in total. The van der Waals surface area contributed by atoms with Gasteiger partial charge >= 0.3 is 12.0 Å². The molecule has 2 heterocycles. The van der Waals surface area contributed by atoms with E-state index in [1.807, 2.05) is 0 Å². The molecular weight excluding hydrogens is 300 g/mol. The van der Waals surface area contributed by atoms with Crippen molar-refractivity contribution in [1.82, 2.24) is 29.2 Å². The van der Waals surface area contributed by atoms with Crippen LogP contribution < -0.4 is 14.2 Å². The van der Waals surface area contributed by atoms with Crippen LogP contribution in [0.25, 0.3) is 0 Å². The number of aryl methyl sites for hydroxylation is 1. The predicted octanol–water partition coefficient (Wildman–Crippen LogP) is -0.899. The highest BCUT2D eigenvalue weighted by Crippen LogP contribution is 2.10. The minimum absolute atomic E-state index is 0.0360. The van der Waals surface area contributed by atoms with Gasteiger partial charge in [0.05, 0.1) is 27.1 Å². The van der Waals surface area contributed by atoms with Crippen molar-refractivity contribution in [2.24, 2.45) is 7.05 Å². The van der Waals surface area contributed by atoms with Crippen molar-refractivity contribution in [1.29, 1.82) is 0 Å². The Morgan fingerprint density at radius 2 is 1.81 bits per heavy atom. The number of rotatable bonds is 6. The van der Waals surface area contributed by atoms with Crippen molar-refractivity contribution >= 4 is 10.0 Å². The molecule has 0 bridgehead atoms. The number of nitrogens with zero attached hydrogens (tertiary/aromatic N) is 5. The van der Waals surface area contributed by atoms with Crippen LogP contribution in [0, 0.1) is 0 Å². The van der Waals surface area contributed by atoms with Gasteiger partial charge in [0.1, 0.15) is 0 Å². The van der Waals surface area contributed by atoms with Crippen LogP contribution >= 0.6 is 0 Å². The van der Waals surface area contributed by atoms with E-state index in [0.29, 0.717) is 0 Å². The van der Waals surface area contributed by atoms with Crippen LogP contribution in [0.3, 0.4) is 0 Å². The summed E-state index contributed by atoms with van der Waals surface area (Å²) in [6, 6.07) is 0.0720. The van der Waals surface area contributed by atoms with E-state index < -0.39 is 10.0 Å². The van der Waals surface area contributed by atoms with Gasteiger partial charge in [-0.15, -0.1) is 4.98 Å². The molecule has 0 atom stereocenters. The van der Waals surface area contributed by atoms with E-state index in [1.165, 1.54) is 31.3 Å². The standard InChI is InChI=1S/C10H14N6O4S/c1-16-5-8(11-6-16)21(17,18)12-4-7-13-9(19-2)15-10(14-7)20-3/h5-6,12H,4H2,1-3H3. The molecular formula is C10H14N6O4S. The summed E-state index contributed by atoms with van der Waals surface area (Å²) in [5.41, 5.74) is 0. The summed E-state index contributed by atoms with van der Waals surface area (Å²) in [4.78, 5) is 15.4. The number of imidazole rings is 1. The van der Waals surface area contributed by atoms with Crippen LogP contribution in [0.5, 0.6) is 12.0 Å². The lowest BCUT2D eigenvalue weighted by molar-refractivity contribution is 0.336. The maximum atomic E-state index is 12.0. The average molecular weight is 314 g/mol. The Labute approximate surface area is 121 Å². The summed E-state index contributed by atoms with van der Waals surface area (Å²) in [6.45, 7) is -0.145. The van der Waals surface area contributed by atoms with Gasteiger partial charge < -0.3 is 14.0 Å². The van der Waals surface area contributed by atoms with Gasteiger partial charge in [0.2, 0.25) is 0 Å². The minimum atomic E-state index is -3.74. The van der Waals surface area contributed by atoms with Gasteiger partial charge in [-0.3, -0.25) is 0 Å². The lowest BCUT2D eigenvalue weighted by Crippen LogP contribution is -2.25. The third-order valence-electron chi connectivity index (χ3n) is 2.38. The Morgan fingerprint density at radius 3 is 2.29 bits per heavy atom. The zero-order valence-electron chi connectivity index (χ0n) is 11.6. The van der Waals surface area contributed by atoms with E-state index in [0.717, 1.165) is 0 Å². The fourth-order valence-corrected chi connectivity index (χ4v) is 2.36. The fraction of sp³-hybridized carbons (Fsp3) is 0.400. The number of sulfonamides is 1. The lowest BCUT2D eigenvalue weighted by atomic mass is 10.6. The monoisotopic (exact) mass is 314 g/mol. The zero-order valence-corrected chi connectivity index (χ0v) is 12.5. The predicted molar refractivity (Wildman–Crippen MR) is 70.2 cm³/mol. The molecule has 0 aromatic carbocycles. The van der Waals surface area contributed by atoms with Crippen LogP contribution in [0.15, 0.2) is 17.6 Å². The molecule has 1 N–H and O–H groups in total. The lowest BCUT2D eigenvalue weighted by Gasteiger charge is -2.06. The largest absolute Gasteiger partial charge is 0.467 e. The van der Waals surface area contributed by atoms with Crippen molar-refractivity contribution in [2.75, 3.05) is 14.2 Å². The summed E-state index contributed by atoms with van der Waals surface area (Å²) >= 11 is 0. The summed E-state index contributed by atoms with van der Waals surface area (Å²) in [6.07, 6.45) is 2.78. The molecule has 0 radical (unpaired) electrons. The topological polar surface area (TPSA) is 121 Å². The highest BCUT2D eigenvalue weighted by molar-refractivity contribution is 7.89. The summed E-state index contributed by atoms with van der Waals surface area (Å²) in [5.74, 6) is 0.165. The molecule has 0 unspecified atom stereocenters. The quantitative estimate of drug-likeness (QED) is 0.728. The normalized spacial score (nSPS) is 11.4. The molecule has 0 amide bonds. The molecule has 0 aliphatic rings. The van der Waals surface area contributed by atoms with Crippen LogP contribution in [-0.2, 0) is 23.6 Å². The Bertz CT molecular complexity index is 707. The zero-order chi connectivity index (χ0) is 15.5. The summed E-state index contributed by atoms with van der Waals surface area (Å²) in [5, 5.41) is -0.0852. The van der Waals surface area contributed by atoms with Gasteiger partial charge in [-0.25, -0.2) is 18.1 Å². The maximum Gasteiger partial charge on any atom is 0.322 e. The second-order valence-corrected chi connectivity index (χ2v) is 5.64. The van der Waals surface area contributed by atoms with E-state index >= 15 is 0 Å². The van der Waals surface area contributed by atoms with E-state index in [-0.39, 0.29) is 29.4 Å². The Balaban J connectivity index is 2.16. The molecule has 0 saturated carbocycles. The van der Waals surface area contributed by atoms with Crippen LogP contribution in [0.1, 0.15) is 5.82 Å². The van der Waals surface area contributed by atoms with Gasteiger partial charge in [-0.2, -0.15) is 9.97 Å². The van der Waals surface area contributed by atoms with Gasteiger partial charge in [0.15, 0.2) is 10.9 Å². The summed E-state index contributed by atoms with van der Waals surface area (Å²) in [7, 11) is 0.705. The maximum absolute atomic E-state index is 12.0. The first kappa shape index (κ1) is 15.1. The molecule has 0 aliphatic carbocycles. The molecule has 0 fully saturated rings. The first-order valence-corrected chi connectivity index (χ1v) is 7.23. The van der Waals surface area contributed by atoms with Crippen molar-refractivity contribution < 1.29 is 17.9 Å². The number of hydrogen-bond acceptors (Lipinski definition) is 8. The molecule has 2 aromatic heterocycles. The molecule has 11 heteroatoms. The molecule has 21 heavy (non-hydrogen) atoms. The third kappa shape index (κ3) is 3.64. The SMILES string of the molecule is COc1nc(CNS(=O)(=O)c2cn(C)cn2)nc(OC)n1. The van der Waals surface area contributed by atoms with Crippen LogP contribution in [0.4, 0.5) is 0 Å². The minimum Gasteiger partial charge on any atom is -0.467 e. The Kier molecular flexibility index (Phi) is 4.33. The van der Waals surface area contributed by atoms with Crippen molar-refractivity contribution in [3.63, 3.8) is 0 Å². The van der Waals surface area contributed by atoms with Crippen LogP contribution in [-0.4, -0.2) is 47.1 Å². The molecule has 0 saturated heterocycles. The molecule has 2 aromatic rings. The smallest absolute Gasteiger partial charge is 0.322 e. The molecule has 0 spiro atoms. The molecule has 114 valence electrons. The van der Waals surface area contributed by atoms with E-state index in [1.54, 1.807) is 7.05 Å². The van der Waals surface area contributed by atoms with E-state index in [9.17, 15) is 8.42 Å². The molecule has 2 rings (SSSR count). The summed E-state index contributed by atoms with van der Waals surface area (Å²) < 4.78 is 37.6. The van der Waals surface area contributed by atoms with Gasteiger partial charge in [0.25, 0.3) is 10.0 Å². The second-order valence-electron chi connectivity index (χ2n) is 3.93. The fourth-order valence-electron chi connectivity index (χ4n) is 1.40. The number of aromatic nitrogens is 5.